The van der Waals surface area contributed by atoms with E-state index in [2.05, 4.69) is 25.7 Å². The monoisotopic (exact) mass is 402 g/mol. The predicted molar refractivity (Wildman–Crippen MR) is 113 cm³/mol. The van der Waals surface area contributed by atoms with E-state index in [0.717, 1.165) is 42.4 Å². The number of ether oxygens (including phenoxy) is 3. The Hall–Kier alpha value is -2.30. The lowest BCUT2D eigenvalue weighted by molar-refractivity contribution is -0.181. The Morgan fingerprint density at radius 1 is 1.24 bits per heavy atom. The molecule has 1 aliphatic carbocycles. The van der Waals surface area contributed by atoms with Crippen molar-refractivity contribution < 1.29 is 23.8 Å². The van der Waals surface area contributed by atoms with Gasteiger partial charge in [0.05, 0.1) is 12.2 Å². The lowest BCUT2D eigenvalue weighted by atomic mass is 9.74. The SMILES string of the molecule is C=C1CC/C=C(\C)CC[C@@H]2C([C@H](CC=C(C)C)OC(C)=O)=CO[C@H](OC(C)=O)[C@@H]12. The van der Waals surface area contributed by atoms with Crippen molar-refractivity contribution in [3.8, 4) is 0 Å². The van der Waals surface area contributed by atoms with Gasteiger partial charge in [0.15, 0.2) is 0 Å². The molecule has 0 N–H and O–H groups in total. The Balaban J connectivity index is 2.45. The van der Waals surface area contributed by atoms with Gasteiger partial charge in [-0.1, -0.05) is 35.5 Å². The molecule has 0 aromatic carbocycles. The Kier molecular flexibility index (Phi) is 8.30. The molecule has 160 valence electrons. The predicted octanol–water partition coefficient (Wildman–Crippen LogP) is 5.39. The van der Waals surface area contributed by atoms with E-state index >= 15 is 0 Å². The summed E-state index contributed by atoms with van der Waals surface area (Å²) < 4.78 is 17.1. The molecule has 1 heterocycles. The fourth-order valence-electron chi connectivity index (χ4n) is 4.07. The van der Waals surface area contributed by atoms with Crippen LogP contribution in [0.25, 0.3) is 0 Å². The largest absolute Gasteiger partial charge is 0.462 e. The molecule has 0 bridgehead atoms. The van der Waals surface area contributed by atoms with E-state index in [1.165, 1.54) is 19.4 Å². The minimum absolute atomic E-state index is 0.0250. The van der Waals surface area contributed by atoms with Crippen molar-refractivity contribution >= 4 is 11.9 Å². The maximum absolute atomic E-state index is 11.8. The average Bonchev–Trinajstić information content (AvgIpc) is 2.68. The van der Waals surface area contributed by atoms with Crippen LogP contribution < -0.4 is 0 Å². The van der Waals surface area contributed by atoms with E-state index in [0.29, 0.717) is 6.42 Å². The summed E-state index contributed by atoms with van der Waals surface area (Å²) in [4.78, 5) is 23.5. The van der Waals surface area contributed by atoms with Gasteiger partial charge in [0.1, 0.15) is 6.10 Å². The van der Waals surface area contributed by atoms with Crippen LogP contribution in [0.3, 0.4) is 0 Å². The summed E-state index contributed by atoms with van der Waals surface area (Å²) in [7, 11) is 0. The second kappa shape index (κ2) is 10.5. The number of hydrogen-bond donors (Lipinski definition) is 0. The van der Waals surface area contributed by atoms with Gasteiger partial charge in [-0.05, 0) is 46.5 Å². The third-order valence-electron chi connectivity index (χ3n) is 5.47. The highest BCUT2D eigenvalue weighted by atomic mass is 16.7. The normalized spacial score (nSPS) is 27.3. The molecule has 5 nitrogen and oxygen atoms in total. The summed E-state index contributed by atoms with van der Waals surface area (Å²) in [6, 6.07) is 0. The Bertz CT molecular complexity index is 724. The van der Waals surface area contributed by atoms with Crippen molar-refractivity contribution in [1.29, 1.82) is 0 Å². The average molecular weight is 403 g/mol. The molecule has 0 unspecified atom stereocenters. The van der Waals surface area contributed by atoms with Crippen LogP contribution >= 0.6 is 0 Å². The van der Waals surface area contributed by atoms with Crippen molar-refractivity contribution in [2.45, 2.75) is 79.1 Å². The quantitative estimate of drug-likeness (QED) is 0.456. The molecule has 0 radical (unpaired) electrons. The molecular formula is C24H34O5. The summed E-state index contributed by atoms with van der Waals surface area (Å²) in [6.45, 7) is 13.3. The van der Waals surface area contributed by atoms with Crippen LogP contribution in [0.2, 0.25) is 0 Å². The number of fused-ring (bicyclic) bond motifs is 1. The number of allylic oxidation sites excluding steroid dienone is 3. The highest BCUT2D eigenvalue weighted by Gasteiger charge is 2.42. The van der Waals surface area contributed by atoms with Gasteiger partial charge < -0.3 is 14.2 Å². The molecule has 0 aromatic rings. The Labute approximate surface area is 174 Å². The van der Waals surface area contributed by atoms with Gasteiger partial charge in [0.25, 0.3) is 0 Å². The maximum Gasteiger partial charge on any atom is 0.305 e. The smallest absolute Gasteiger partial charge is 0.305 e. The molecule has 29 heavy (non-hydrogen) atoms. The molecule has 2 aliphatic rings. The van der Waals surface area contributed by atoms with Gasteiger partial charge in [0.2, 0.25) is 6.29 Å². The van der Waals surface area contributed by atoms with Crippen LogP contribution in [0, 0.1) is 11.8 Å². The van der Waals surface area contributed by atoms with E-state index in [4.69, 9.17) is 14.2 Å². The van der Waals surface area contributed by atoms with E-state index in [1.54, 1.807) is 6.26 Å². The second-order valence-corrected chi connectivity index (χ2v) is 8.27. The first-order chi connectivity index (χ1) is 13.7. The number of hydrogen-bond acceptors (Lipinski definition) is 5. The highest BCUT2D eigenvalue weighted by Crippen LogP contribution is 2.43. The van der Waals surface area contributed by atoms with Crippen molar-refractivity contribution in [1.82, 2.24) is 0 Å². The molecule has 0 saturated carbocycles. The van der Waals surface area contributed by atoms with Gasteiger partial charge in [-0.25, -0.2) is 0 Å². The molecule has 0 amide bonds. The molecule has 5 heteroatoms. The molecule has 0 fully saturated rings. The topological polar surface area (TPSA) is 61.8 Å². The highest BCUT2D eigenvalue weighted by molar-refractivity contribution is 5.67. The van der Waals surface area contributed by atoms with Crippen molar-refractivity contribution in [2.24, 2.45) is 11.8 Å². The number of esters is 2. The van der Waals surface area contributed by atoms with Gasteiger partial charge in [-0.2, -0.15) is 0 Å². The molecule has 1 aliphatic heterocycles. The van der Waals surface area contributed by atoms with Gasteiger partial charge >= 0.3 is 11.9 Å². The lowest BCUT2D eigenvalue weighted by Gasteiger charge is -2.40. The molecule has 2 rings (SSSR count). The summed E-state index contributed by atoms with van der Waals surface area (Å²) in [5, 5.41) is 0. The molecular weight excluding hydrogens is 368 g/mol. The first-order valence-corrected chi connectivity index (χ1v) is 10.4. The van der Waals surface area contributed by atoms with Crippen LogP contribution in [0.1, 0.15) is 66.7 Å². The van der Waals surface area contributed by atoms with Crippen LogP contribution in [0.4, 0.5) is 0 Å². The zero-order valence-electron chi connectivity index (χ0n) is 18.3. The van der Waals surface area contributed by atoms with Crippen molar-refractivity contribution in [2.75, 3.05) is 0 Å². The van der Waals surface area contributed by atoms with Gasteiger partial charge in [0, 0.05) is 31.8 Å². The summed E-state index contributed by atoms with van der Waals surface area (Å²) in [5.74, 6) is -0.844. The summed E-state index contributed by atoms with van der Waals surface area (Å²) in [6.07, 6.45) is 8.92. The van der Waals surface area contributed by atoms with E-state index in [1.807, 2.05) is 13.8 Å². The first kappa shape index (κ1) is 23.0. The number of carbonyl (C=O) groups excluding carboxylic acids is 2. The Morgan fingerprint density at radius 2 is 1.97 bits per heavy atom. The first-order valence-electron chi connectivity index (χ1n) is 10.4. The summed E-state index contributed by atoms with van der Waals surface area (Å²) >= 11 is 0. The lowest BCUT2D eigenvalue weighted by Crippen LogP contribution is -2.41. The maximum atomic E-state index is 11.8. The molecule has 4 atom stereocenters. The van der Waals surface area contributed by atoms with E-state index < -0.39 is 12.4 Å². The zero-order valence-corrected chi connectivity index (χ0v) is 18.3. The second-order valence-electron chi connectivity index (χ2n) is 8.27. The van der Waals surface area contributed by atoms with E-state index in [-0.39, 0.29) is 23.8 Å². The summed E-state index contributed by atoms with van der Waals surface area (Å²) in [5.41, 5.74) is 4.43. The van der Waals surface area contributed by atoms with Gasteiger partial charge in [-0.3, -0.25) is 9.59 Å². The minimum Gasteiger partial charge on any atom is -0.462 e. The zero-order chi connectivity index (χ0) is 21.6. The fraction of sp³-hybridized carbons (Fsp3) is 0.583. The van der Waals surface area contributed by atoms with Crippen molar-refractivity contribution in [3.05, 3.63) is 47.3 Å². The van der Waals surface area contributed by atoms with Crippen LogP contribution in [-0.4, -0.2) is 24.3 Å². The third kappa shape index (κ3) is 6.62. The molecule has 0 spiro atoms. The number of rotatable bonds is 5. The minimum atomic E-state index is -0.700. The molecule has 0 aromatic heterocycles. The van der Waals surface area contributed by atoms with Crippen LogP contribution in [0.15, 0.2) is 47.3 Å². The van der Waals surface area contributed by atoms with Crippen LogP contribution in [0.5, 0.6) is 0 Å². The third-order valence-corrected chi connectivity index (χ3v) is 5.47. The van der Waals surface area contributed by atoms with E-state index in [9.17, 15) is 9.59 Å². The fourth-order valence-corrected chi connectivity index (χ4v) is 4.07. The Morgan fingerprint density at radius 3 is 2.59 bits per heavy atom. The molecule has 0 saturated heterocycles. The van der Waals surface area contributed by atoms with Crippen molar-refractivity contribution in [3.63, 3.8) is 0 Å². The standard InChI is InChI=1S/C24H34O5/c1-15(2)10-13-22(28-18(5)25)21-14-27-24(29-19(6)26)23-17(4)9-7-8-16(3)11-12-20(21)23/h8,10,14,20,22-24H,4,7,9,11-13H2,1-3,5-6H3/b16-8+/t20-,22+,23+,24-/m1/s1. The number of carbonyl (C=O) groups is 2. The van der Waals surface area contributed by atoms with Gasteiger partial charge in [-0.15, -0.1) is 0 Å². The van der Waals surface area contributed by atoms with Crippen LogP contribution in [-0.2, 0) is 23.8 Å².